The van der Waals surface area contributed by atoms with Gasteiger partial charge in [0.15, 0.2) is 4.47 Å². The standard InChI is InChI=1S/C29H41ClN2O5S/c1-17(2)12-29(26(35)37-16-18(3)4)13-20(15-33)24(23-14-31-27(30)38-23)32(29)25(34)19-9-10-21(28(5,6)7)22(11-19)36-8/h9-11,14,17-18,20,24,33H,12-13,15-16H2,1-8H3. The third kappa shape index (κ3) is 6.18. The van der Waals surface area contributed by atoms with Gasteiger partial charge in [0.1, 0.15) is 11.3 Å². The molecule has 1 aromatic carbocycles. The van der Waals surface area contributed by atoms with Crippen LogP contribution in [-0.4, -0.2) is 52.7 Å². The third-order valence-corrected chi connectivity index (χ3v) is 8.14. The van der Waals surface area contributed by atoms with Crippen LogP contribution in [-0.2, 0) is 14.9 Å². The predicted octanol–water partition coefficient (Wildman–Crippen LogP) is 6.28. The van der Waals surface area contributed by atoms with Crippen LogP contribution in [0.4, 0.5) is 0 Å². The Balaban J connectivity index is 2.23. The van der Waals surface area contributed by atoms with Crippen LogP contribution in [0.1, 0.15) is 88.1 Å². The van der Waals surface area contributed by atoms with E-state index in [1.54, 1.807) is 30.3 Å². The van der Waals surface area contributed by atoms with Gasteiger partial charge in [-0.2, -0.15) is 0 Å². The van der Waals surface area contributed by atoms with Crippen molar-refractivity contribution in [2.75, 3.05) is 20.3 Å². The summed E-state index contributed by atoms with van der Waals surface area (Å²) in [5.74, 6) is -0.330. The van der Waals surface area contributed by atoms with E-state index in [1.807, 2.05) is 33.8 Å². The molecule has 2 heterocycles. The summed E-state index contributed by atoms with van der Waals surface area (Å²) in [4.78, 5) is 35.0. The van der Waals surface area contributed by atoms with E-state index >= 15 is 0 Å². The highest BCUT2D eigenvalue weighted by molar-refractivity contribution is 7.15. The molecule has 210 valence electrons. The third-order valence-electron chi connectivity index (χ3n) is 6.96. The number of benzene rings is 1. The van der Waals surface area contributed by atoms with Crippen LogP contribution in [0.25, 0.3) is 0 Å². The van der Waals surface area contributed by atoms with Crippen molar-refractivity contribution in [3.05, 3.63) is 44.9 Å². The molecular weight excluding hydrogens is 524 g/mol. The Morgan fingerprint density at radius 2 is 1.92 bits per heavy atom. The average Bonchev–Trinajstić information content (AvgIpc) is 3.41. The van der Waals surface area contributed by atoms with Crippen LogP contribution in [0.2, 0.25) is 4.47 Å². The molecule has 3 unspecified atom stereocenters. The highest BCUT2D eigenvalue weighted by Crippen LogP contribution is 2.52. The number of halogens is 1. The van der Waals surface area contributed by atoms with Gasteiger partial charge >= 0.3 is 5.97 Å². The normalized spacial score (nSPS) is 21.8. The van der Waals surface area contributed by atoms with E-state index in [0.29, 0.717) is 22.2 Å². The van der Waals surface area contributed by atoms with Gasteiger partial charge in [0.05, 0.1) is 19.8 Å². The highest BCUT2D eigenvalue weighted by atomic mass is 35.5. The molecule has 0 radical (unpaired) electrons. The molecule has 1 aliphatic heterocycles. The molecule has 2 aromatic rings. The zero-order valence-corrected chi connectivity index (χ0v) is 25.3. The molecular formula is C29H41ClN2O5S. The highest BCUT2D eigenvalue weighted by Gasteiger charge is 2.59. The molecule has 1 aliphatic rings. The fraction of sp³-hybridized carbons (Fsp3) is 0.621. The van der Waals surface area contributed by atoms with Crippen LogP contribution in [0, 0.1) is 17.8 Å². The lowest BCUT2D eigenvalue weighted by molar-refractivity contribution is -0.158. The number of thiazole rings is 1. The van der Waals surface area contributed by atoms with Crippen molar-refractivity contribution in [1.29, 1.82) is 0 Å². The number of likely N-dealkylation sites (tertiary alicyclic amines) is 1. The number of rotatable bonds is 9. The fourth-order valence-electron chi connectivity index (χ4n) is 5.45. The molecule has 1 saturated heterocycles. The first-order valence-corrected chi connectivity index (χ1v) is 14.4. The predicted molar refractivity (Wildman–Crippen MR) is 151 cm³/mol. The topological polar surface area (TPSA) is 89.0 Å². The van der Waals surface area contributed by atoms with E-state index in [4.69, 9.17) is 21.1 Å². The average molecular weight is 565 g/mol. The number of aliphatic hydroxyl groups excluding tert-OH is 1. The molecule has 1 amide bonds. The first-order chi connectivity index (χ1) is 17.7. The summed E-state index contributed by atoms with van der Waals surface area (Å²) in [7, 11) is 1.59. The van der Waals surface area contributed by atoms with E-state index in [9.17, 15) is 14.7 Å². The van der Waals surface area contributed by atoms with Gasteiger partial charge in [0.25, 0.3) is 5.91 Å². The molecule has 0 spiro atoms. The number of carbonyl (C=O) groups is 2. The summed E-state index contributed by atoms with van der Waals surface area (Å²) < 4.78 is 11.8. The maximum Gasteiger partial charge on any atom is 0.332 e. The number of nitrogens with zero attached hydrogens (tertiary/aromatic N) is 2. The van der Waals surface area contributed by atoms with E-state index < -0.39 is 23.5 Å². The number of aliphatic hydroxyl groups is 1. The zero-order valence-electron chi connectivity index (χ0n) is 23.7. The van der Waals surface area contributed by atoms with Crippen LogP contribution in [0.15, 0.2) is 24.4 Å². The summed E-state index contributed by atoms with van der Waals surface area (Å²) in [6.07, 6.45) is 2.31. The van der Waals surface area contributed by atoms with Crippen molar-refractivity contribution >= 4 is 34.8 Å². The SMILES string of the molecule is COc1cc(C(=O)N2C(c3cnc(Cl)s3)C(CO)CC2(CC(C)C)C(=O)OCC(C)C)ccc1C(C)(C)C. The lowest BCUT2D eigenvalue weighted by Gasteiger charge is -2.40. The Labute approximate surface area is 235 Å². The minimum atomic E-state index is -1.26. The molecule has 0 saturated carbocycles. The Hall–Kier alpha value is -2.16. The molecule has 3 rings (SSSR count). The Morgan fingerprint density at radius 3 is 2.42 bits per heavy atom. The van der Waals surface area contributed by atoms with Crippen molar-refractivity contribution in [2.45, 2.75) is 78.3 Å². The molecule has 3 atom stereocenters. The molecule has 1 N–H and O–H groups in total. The zero-order chi connectivity index (χ0) is 28.4. The number of ether oxygens (including phenoxy) is 2. The monoisotopic (exact) mass is 564 g/mol. The van der Waals surface area contributed by atoms with E-state index in [-0.39, 0.29) is 42.8 Å². The Morgan fingerprint density at radius 1 is 1.24 bits per heavy atom. The second kappa shape index (κ2) is 11.9. The van der Waals surface area contributed by atoms with Crippen LogP contribution < -0.4 is 4.74 Å². The Bertz CT molecular complexity index is 1140. The van der Waals surface area contributed by atoms with Gasteiger partial charge in [0, 0.05) is 29.2 Å². The van der Waals surface area contributed by atoms with Crippen molar-refractivity contribution in [1.82, 2.24) is 9.88 Å². The van der Waals surface area contributed by atoms with E-state index in [0.717, 1.165) is 10.4 Å². The molecule has 0 aliphatic carbocycles. The maximum absolute atomic E-state index is 14.5. The summed E-state index contributed by atoms with van der Waals surface area (Å²) in [6.45, 7) is 14.3. The van der Waals surface area contributed by atoms with Gasteiger partial charge in [-0.05, 0) is 47.8 Å². The lowest BCUT2D eigenvalue weighted by Crippen LogP contribution is -2.55. The smallest absolute Gasteiger partial charge is 0.332 e. The van der Waals surface area contributed by atoms with Gasteiger partial charge in [0.2, 0.25) is 0 Å². The van der Waals surface area contributed by atoms with Gasteiger partial charge < -0.3 is 19.5 Å². The fourth-order valence-corrected chi connectivity index (χ4v) is 6.59. The van der Waals surface area contributed by atoms with Crippen molar-refractivity contribution in [3.8, 4) is 5.75 Å². The first kappa shape index (κ1) is 30.4. The van der Waals surface area contributed by atoms with Crippen molar-refractivity contribution in [3.63, 3.8) is 0 Å². The Kier molecular flexibility index (Phi) is 9.54. The number of aromatic nitrogens is 1. The number of hydrogen-bond donors (Lipinski definition) is 1. The molecule has 1 aromatic heterocycles. The van der Waals surface area contributed by atoms with Crippen LogP contribution in [0.3, 0.4) is 0 Å². The molecule has 0 bridgehead atoms. The van der Waals surface area contributed by atoms with E-state index in [2.05, 4.69) is 25.8 Å². The number of amides is 1. The van der Waals surface area contributed by atoms with Gasteiger partial charge in [-0.15, -0.1) is 11.3 Å². The van der Waals surface area contributed by atoms with Gasteiger partial charge in [-0.25, -0.2) is 9.78 Å². The molecule has 7 nitrogen and oxygen atoms in total. The number of carbonyl (C=O) groups excluding carboxylic acids is 2. The summed E-state index contributed by atoms with van der Waals surface area (Å²) >= 11 is 7.47. The molecule has 38 heavy (non-hydrogen) atoms. The second-order valence-corrected chi connectivity index (χ2v) is 13.7. The minimum Gasteiger partial charge on any atom is -0.496 e. The van der Waals surface area contributed by atoms with Crippen LogP contribution >= 0.6 is 22.9 Å². The largest absolute Gasteiger partial charge is 0.496 e. The first-order valence-electron chi connectivity index (χ1n) is 13.2. The van der Waals surface area contributed by atoms with Gasteiger partial charge in [-0.1, -0.05) is 66.1 Å². The number of hydrogen-bond acceptors (Lipinski definition) is 7. The summed E-state index contributed by atoms with van der Waals surface area (Å²) in [6, 6.07) is 4.85. The summed E-state index contributed by atoms with van der Waals surface area (Å²) in [5.41, 5.74) is -0.0717. The van der Waals surface area contributed by atoms with E-state index in [1.165, 1.54) is 11.3 Å². The number of esters is 1. The van der Waals surface area contributed by atoms with Gasteiger partial charge in [-0.3, -0.25) is 4.79 Å². The minimum absolute atomic E-state index is 0.0813. The lowest BCUT2D eigenvalue weighted by atomic mass is 9.83. The van der Waals surface area contributed by atoms with Crippen LogP contribution in [0.5, 0.6) is 5.75 Å². The molecule has 9 heteroatoms. The number of methoxy groups -OCH3 is 1. The molecule has 1 fully saturated rings. The second-order valence-electron chi connectivity index (χ2n) is 12.1. The van der Waals surface area contributed by atoms with Crippen molar-refractivity contribution in [2.24, 2.45) is 17.8 Å². The summed E-state index contributed by atoms with van der Waals surface area (Å²) in [5, 5.41) is 10.5. The van der Waals surface area contributed by atoms with Crippen molar-refractivity contribution < 1.29 is 24.2 Å². The maximum atomic E-state index is 14.5. The quantitative estimate of drug-likeness (QED) is 0.360.